The zero-order chi connectivity index (χ0) is 17.8. The Morgan fingerprint density at radius 2 is 2.00 bits per heavy atom. The Bertz CT molecular complexity index is 923. The van der Waals surface area contributed by atoms with E-state index in [1.165, 1.54) is 0 Å². The van der Waals surface area contributed by atoms with E-state index in [-0.39, 0.29) is 6.42 Å². The highest BCUT2D eigenvalue weighted by Crippen LogP contribution is 2.21. The molecule has 0 fully saturated rings. The summed E-state index contributed by atoms with van der Waals surface area (Å²) < 4.78 is 1.73. The lowest BCUT2D eigenvalue weighted by Crippen LogP contribution is -2.15. The first kappa shape index (κ1) is 16.2. The van der Waals surface area contributed by atoms with Gasteiger partial charge in [-0.25, -0.2) is 9.97 Å². The molecule has 2 aromatic heterocycles. The molecule has 1 aromatic carbocycles. The summed E-state index contributed by atoms with van der Waals surface area (Å²) in [6, 6.07) is 12.4. The van der Waals surface area contributed by atoms with Gasteiger partial charge in [-0.15, -0.1) is 0 Å². The first-order valence-corrected chi connectivity index (χ1v) is 7.54. The predicted molar refractivity (Wildman–Crippen MR) is 91.0 cm³/mol. The van der Waals surface area contributed by atoms with E-state index in [0.29, 0.717) is 17.1 Å². The van der Waals surface area contributed by atoms with Crippen molar-refractivity contribution >= 4 is 11.8 Å². The molecule has 7 heteroatoms. The molecule has 0 bridgehead atoms. The van der Waals surface area contributed by atoms with Crippen molar-refractivity contribution in [1.82, 2.24) is 14.5 Å². The molecule has 0 amide bonds. The number of carboxylic acids is 1. The number of imidazole rings is 1. The SMILES string of the molecule is N#Cc1ccc(-n2cnc(C(Cc3ccc(N)nc3)C(=O)O)c2)cc1. The van der Waals surface area contributed by atoms with Gasteiger partial charge in [0.1, 0.15) is 11.7 Å². The Morgan fingerprint density at radius 1 is 1.24 bits per heavy atom. The second-order valence-electron chi connectivity index (χ2n) is 5.55. The van der Waals surface area contributed by atoms with E-state index in [1.54, 1.807) is 59.7 Å². The highest BCUT2D eigenvalue weighted by molar-refractivity contribution is 5.75. The molecule has 7 nitrogen and oxygen atoms in total. The fourth-order valence-electron chi connectivity index (χ4n) is 2.48. The molecule has 0 spiro atoms. The van der Waals surface area contributed by atoms with Gasteiger partial charge >= 0.3 is 5.97 Å². The predicted octanol–water partition coefficient (Wildman–Crippen LogP) is 2.13. The van der Waals surface area contributed by atoms with E-state index in [1.807, 2.05) is 0 Å². The molecule has 1 unspecified atom stereocenters. The normalized spacial score (nSPS) is 11.6. The third kappa shape index (κ3) is 3.64. The number of aliphatic carboxylic acids is 1. The summed E-state index contributed by atoms with van der Waals surface area (Å²) in [6.07, 6.45) is 5.09. The molecule has 124 valence electrons. The maximum absolute atomic E-state index is 11.7. The number of hydrogen-bond donors (Lipinski definition) is 2. The Balaban J connectivity index is 1.85. The van der Waals surface area contributed by atoms with Crippen molar-refractivity contribution in [2.24, 2.45) is 0 Å². The molecular formula is C18H15N5O2. The fraction of sp³-hybridized carbons (Fsp3) is 0.111. The van der Waals surface area contributed by atoms with Gasteiger partial charge in [-0.05, 0) is 42.3 Å². The highest BCUT2D eigenvalue weighted by atomic mass is 16.4. The minimum Gasteiger partial charge on any atom is -0.481 e. The van der Waals surface area contributed by atoms with Crippen LogP contribution >= 0.6 is 0 Å². The molecule has 0 radical (unpaired) electrons. The lowest BCUT2D eigenvalue weighted by atomic mass is 9.98. The van der Waals surface area contributed by atoms with Gasteiger partial charge in [-0.2, -0.15) is 5.26 Å². The van der Waals surface area contributed by atoms with E-state index in [0.717, 1.165) is 11.3 Å². The van der Waals surface area contributed by atoms with Crippen LogP contribution in [0, 0.1) is 11.3 Å². The summed E-state index contributed by atoms with van der Waals surface area (Å²) in [5, 5.41) is 18.4. The second kappa shape index (κ2) is 6.84. The van der Waals surface area contributed by atoms with Crippen LogP contribution in [0.25, 0.3) is 5.69 Å². The quantitative estimate of drug-likeness (QED) is 0.738. The van der Waals surface area contributed by atoms with E-state index in [9.17, 15) is 9.90 Å². The van der Waals surface area contributed by atoms with E-state index in [2.05, 4.69) is 16.0 Å². The summed E-state index contributed by atoms with van der Waals surface area (Å²) in [4.78, 5) is 19.9. The van der Waals surface area contributed by atoms with Crippen molar-refractivity contribution < 1.29 is 9.90 Å². The molecule has 0 aliphatic carbocycles. The Kier molecular flexibility index (Phi) is 4.44. The summed E-state index contributed by atoms with van der Waals surface area (Å²) in [6.45, 7) is 0. The van der Waals surface area contributed by atoms with Gasteiger partial charge in [-0.1, -0.05) is 6.07 Å². The van der Waals surface area contributed by atoms with E-state index in [4.69, 9.17) is 11.0 Å². The molecule has 0 aliphatic heterocycles. The topological polar surface area (TPSA) is 118 Å². The monoisotopic (exact) mass is 333 g/mol. The second-order valence-corrected chi connectivity index (χ2v) is 5.55. The Labute approximate surface area is 144 Å². The van der Waals surface area contributed by atoms with Gasteiger partial charge in [0.15, 0.2) is 0 Å². The number of nitrogen functional groups attached to an aromatic ring is 1. The number of carboxylic acid groups (broad SMARTS) is 1. The van der Waals surface area contributed by atoms with Crippen LogP contribution in [0.15, 0.2) is 55.1 Å². The van der Waals surface area contributed by atoms with Gasteiger partial charge in [0.2, 0.25) is 0 Å². The summed E-state index contributed by atoms with van der Waals surface area (Å²) in [5.41, 5.74) is 8.14. The van der Waals surface area contributed by atoms with Crippen molar-refractivity contribution in [3.63, 3.8) is 0 Å². The van der Waals surface area contributed by atoms with E-state index < -0.39 is 11.9 Å². The number of benzene rings is 1. The van der Waals surface area contributed by atoms with E-state index >= 15 is 0 Å². The first-order valence-electron chi connectivity index (χ1n) is 7.54. The lowest BCUT2D eigenvalue weighted by Gasteiger charge is -2.10. The van der Waals surface area contributed by atoms with Gasteiger partial charge in [0.05, 0.1) is 23.7 Å². The average molecular weight is 333 g/mol. The Hall–Kier alpha value is -3.66. The van der Waals surface area contributed by atoms with Crippen molar-refractivity contribution in [1.29, 1.82) is 5.26 Å². The minimum atomic E-state index is -0.957. The van der Waals surface area contributed by atoms with Crippen LogP contribution in [0.3, 0.4) is 0 Å². The van der Waals surface area contributed by atoms with Crippen LogP contribution in [-0.4, -0.2) is 25.6 Å². The average Bonchev–Trinajstić information content (AvgIpc) is 3.10. The maximum atomic E-state index is 11.7. The largest absolute Gasteiger partial charge is 0.481 e. The molecule has 2 heterocycles. The summed E-state index contributed by atoms with van der Waals surface area (Å²) in [5.74, 6) is -1.35. The van der Waals surface area contributed by atoms with Crippen LogP contribution in [0.5, 0.6) is 0 Å². The van der Waals surface area contributed by atoms with Crippen molar-refractivity contribution in [3.8, 4) is 11.8 Å². The maximum Gasteiger partial charge on any atom is 0.312 e. The fourth-order valence-corrected chi connectivity index (χ4v) is 2.48. The number of nitriles is 1. The molecule has 0 saturated heterocycles. The van der Waals surface area contributed by atoms with Gasteiger partial charge in [0, 0.05) is 18.1 Å². The Morgan fingerprint density at radius 3 is 2.60 bits per heavy atom. The van der Waals surface area contributed by atoms with Gasteiger partial charge in [0.25, 0.3) is 0 Å². The third-order valence-corrected chi connectivity index (χ3v) is 3.84. The summed E-state index contributed by atoms with van der Waals surface area (Å²) in [7, 11) is 0. The third-order valence-electron chi connectivity index (χ3n) is 3.84. The van der Waals surface area contributed by atoms with Crippen LogP contribution in [0.4, 0.5) is 5.82 Å². The minimum absolute atomic E-state index is 0.271. The smallest absolute Gasteiger partial charge is 0.312 e. The van der Waals surface area contributed by atoms with Crippen LogP contribution in [-0.2, 0) is 11.2 Å². The standard InChI is InChI=1S/C18H15N5O2/c19-8-12-1-4-14(5-2-12)23-10-16(22-11-23)15(18(24)25)7-13-3-6-17(20)21-9-13/h1-6,9-11,15H,7H2,(H2,20,21)(H,24,25). The number of anilines is 1. The van der Waals surface area contributed by atoms with Crippen LogP contribution in [0.2, 0.25) is 0 Å². The first-order chi connectivity index (χ1) is 12.1. The molecule has 3 rings (SSSR count). The summed E-state index contributed by atoms with van der Waals surface area (Å²) >= 11 is 0. The number of hydrogen-bond acceptors (Lipinski definition) is 5. The molecular weight excluding hydrogens is 318 g/mol. The highest BCUT2D eigenvalue weighted by Gasteiger charge is 2.23. The number of nitrogens with two attached hydrogens (primary N) is 1. The number of aromatic nitrogens is 3. The number of rotatable bonds is 5. The zero-order valence-corrected chi connectivity index (χ0v) is 13.2. The molecule has 0 saturated carbocycles. The molecule has 25 heavy (non-hydrogen) atoms. The lowest BCUT2D eigenvalue weighted by molar-refractivity contribution is -0.138. The molecule has 0 aliphatic rings. The zero-order valence-electron chi connectivity index (χ0n) is 13.2. The van der Waals surface area contributed by atoms with Crippen molar-refractivity contribution in [3.05, 3.63) is 71.9 Å². The molecule has 3 N–H and O–H groups in total. The number of pyridine rings is 1. The van der Waals surface area contributed by atoms with Crippen LogP contribution < -0.4 is 5.73 Å². The van der Waals surface area contributed by atoms with Crippen LogP contribution in [0.1, 0.15) is 22.7 Å². The number of nitrogens with zero attached hydrogens (tertiary/aromatic N) is 4. The van der Waals surface area contributed by atoms with Gasteiger partial charge in [-0.3, -0.25) is 4.79 Å². The molecule has 1 atom stereocenters. The van der Waals surface area contributed by atoms with Crippen molar-refractivity contribution in [2.45, 2.75) is 12.3 Å². The molecule has 3 aromatic rings. The van der Waals surface area contributed by atoms with Crippen molar-refractivity contribution in [2.75, 3.05) is 5.73 Å². The van der Waals surface area contributed by atoms with Gasteiger partial charge < -0.3 is 15.4 Å². The number of carbonyl (C=O) groups is 1.